The van der Waals surface area contributed by atoms with Crippen LogP contribution in [0.1, 0.15) is 6.85 Å². The van der Waals surface area contributed by atoms with Gasteiger partial charge in [0.2, 0.25) is 0 Å². The molecule has 0 aliphatic heterocycles. The molecule has 0 saturated heterocycles. The normalized spacial score (nSPS) is 13.1. The molecule has 5 nitrogen and oxygen atoms in total. The van der Waals surface area contributed by atoms with E-state index in [1.54, 1.807) is 11.3 Å². The van der Waals surface area contributed by atoms with Gasteiger partial charge in [0.15, 0.2) is 17.5 Å². The van der Waals surface area contributed by atoms with Crippen LogP contribution < -0.4 is 0 Å². The maximum Gasteiger partial charge on any atom is 0.164 e. The van der Waals surface area contributed by atoms with E-state index in [1.807, 2.05) is 36.4 Å². The molecule has 0 atom stereocenters. The third kappa shape index (κ3) is 4.91. The zero-order valence-corrected chi connectivity index (χ0v) is 31.0. The first-order chi connectivity index (χ1) is 30.4. The van der Waals surface area contributed by atoms with Gasteiger partial charge in [-0.1, -0.05) is 139 Å². The van der Waals surface area contributed by atoms with Gasteiger partial charge in [-0.15, -0.1) is 11.3 Å². The molecule has 0 unspecified atom stereocenters. The van der Waals surface area contributed by atoms with Crippen molar-refractivity contribution in [2.24, 2.45) is 0 Å². The lowest BCUT2D eigenvalue weighted by atomic mass is 10.1. The third-order valence-corrected chi connectivity index (χ3v) is 12.0. The van der Waals surface area contributed by atoms with Crippen LogP contribution >= 0.6 is 11.3 Å². The van der Waals surface area contributed by atoms with Crippen LogP contribution in [0.4, 0.5) is 0 Å². The highest BCUT2D eigenvalue weighted by molar-refractivity contribution is 7.26. The predicted octanol–water partition coefficient (Wildman–Crippen LogP) is 13.4. The molecule has 4 aromatic heterocycles. The summed E-state index contributed by atoms with van der Waals surface area (Å²) in [6, 6.07) is 52.4. The van der Waals surface area contributed by atoms with Crippen LogP contribution in [0.5, 0.6) is 0 Å². The van der Waals surface area contributed by atoms with Crippen molar-refractivity contribution in [1.82, 2.24) is 24.1 Å². The molecule has 0 aliphatic rings. The molecule has 0 saturated carbocycles. The van der Waals surface area contributed by atoms with E-state index in [4.69, 9.17) is 16.8 Å². The fraction of sp³-hybridized carbons (Fsp3) is 0. The summed E-state index contributed by atoms with van der Waals surface area (Å²) in [5.41, 5.74) is 8.10. The first kappa shape index (κ1) is 27.2. The van der Waals surface area contributed by atoms with Gasteiger partial charge >= 0.3 is 0 Å². The average Bonchev–Trinajstić information content (AvgIpc) is 3.98. The van der Waals surface area contributed by atoms with Crippen LogP contribution in [0.3, 0.4) is 0 Å². The molecule has 0 amide bonds. The number of fused-ring (bicyclic) bond motifs is 10. The quantitative estimate of drug-likeness (QED) is 0.176. The van der Waals surface area contributed by atoms with Crippen molar-refractivity contribution in [2.45, 2.75) is 0 Å². The van der Waals surface area contributed by atoms with Crippen molar-refractivity contribution in [1.29, 1.82) is 0 Å². The molecule has 57 heavy (non-hydrogen) atoms. The van der Waals surface area contributed by atoms with Gasteiger partial charge in [-0.3, -0.25) is 0 Å². The molecular formula is C51H31N5S. The molecule has 0 fully saturated rings. The van der Waals surface area contributed by atoms with Crippen LogP contribution in [-0.4, -0.2) is 24.1 Å². The van der Waals surface area contributed by atoms with Gasteiger partial charge in [-0.25, -0.2) is 15.0 Å². The Morgan fingerprint density at radius 2 is 1.07 bits per heavy atom. The van der Waals surface area contributed by atoms with Crippen molar-refractivity contribution in [2.75, 3.05) is 0 Å². The predicted molar refractivity (Wildman–Crippen MR) is 238 cm³/mol. The van der Waals surface area contributed by atoms with Crippen molar-refractivity contribution in [3.8, 4) is 45.5 Å². The first-order valence-corrected chi connectivity index (χ1v) is 19.5. The van der Waals surface area contributed by atoms with Crippen molar-refractivity contribution >= 4 is 75.1 Å². The zero-order chi connectivity index (χ0) is 41.8. The lowest BCUT2D eigenvalue weighted by Gasteiger charge is -2.11. The monoisotopic (exact) mass is 750 g/mol. The van der Waals surface area contributed by atoms with Crippen molar-refractivity contribution < 1.29 is 6.85 Å². The Kier molecular flexibility index (Phi) is 6.00. The summed E-state index contributed by atoms with van der Waals surface area (Å²) in [5, 5.41) is 6.99. The SMILES string of the molecule is [2H]c1c([2H])c([2H])c(-c2nc(-c3ccccc3)nc(-c3ccc4c(c3)sc3cccc(-n5c6ccccc6c6c5ccc5c7ccccc7n(-c7ccccc7)c56)c34)n2)c([2H])c1[2H]. The molecule has 4 heterocycles. The molecule has 0 radical (unpaired) electrons. The number of para-hydroxylation sites is 3. The Labute approximate surface area is 338 Å². The van der Waals surface area contributed by atoms with Gasteiger partial charge in [-0.2, -0.15) is 0 Å². The number of benzene rings is 8. The highest BCUT2D eigenvalue weighted by atomic mass is 32.1. The summed E-state index contributed by atoms with van der Waals surface area (Å²) in [5.74, 6) is 0.680. The maximum absolute atomic E-state index is 8.71. The van der Waals surface area contributed by atoms with E-state index in [-0.39, 0.29) is 23.5 Å². The second-order valence-corrected chi connectivity index (χ2v) is 15.1. The molecule has 12 rings (SSSR count). The second kappa shape index (κ2) is 12.6. The fourth-order valence-electron chi connectivity index (χ4n) is 8.44. The van der Waals surface area contributed by atoms with Crippen LogP contribution in [0.2, 0.25) is 0 Å². The van der Waals surface area contributed by atoms with Crippen LogP contribution in [0.15, 0.2) is 188 Å². The van der Waals surface area contributed by atoms with Crippen LogP contribution in [0.25, 0.3) is 109 Å². The molecule has 266 valence electrons. The molecule has 8 aromatic carbocycles. The van der Waals surface area contributed by atoms with E-state index < -0.39 is 18.1 Å². The van der Waals surface area contributed by atoms with Gasteiger partial charge in [-0.05, 0) is 48.5 Å². The zero-order valence-electron chi connectivity index (χ0n) is 35.2. The minimum absolute atomic E-state index is 0.0105. The Morgan fingerprint density at radius 3 is 1.86 bits per heavy atom. The summed E-state index contributed by atoms with van der Waals surface area (Å²) in [4.78, 5) is 14.4. The summed E-state index contributed by atoms with van der Waals surface area (Å²) < 4.78 is 49.2. The third-order valence-electron chi connectivity index (χ3n) is 10.8. The number of hydrogen-bond acceptors (Lipinski definition) is 4. The lowest BCUT2D eigenvalue weighted by molar-refractivity contribution is 1.07. The summed E-state index contributed by atoms with van der Waals surface area (Å²) in [6.07, 6.45) is 0. The molecular weight excluding hydrogens is 715 g/mol. The molecule has 12 aromatic rings. The fourth-order valence-corrected chi connectivity index (χ4v) is 9.61. The van der Waals surface area contributed by atoms with E-state index in [9.17, 15) is 0 Å². The molecule has 0 bridgehead atoms. The van der Waals surface area contributed by atoms with Crippen molar-refractivity contribution in [3.05, 3.63) is 188 Å². The average molecular weight is 751 g/mol. The summed E-state index contributed by atoms with van der Waals surface area (Å²) in [6.45, 7) is 0. The smallest absolute Gasteiger partial charge is 0.164 e. The molecule has 0 N–H and O–H groups in total. The minimum Gasteiger partial charge on any atom is -0.309 e. The Balaban J connectivity index is 1.09. The number of hydrogen-bond donors (Lipinski definition) is 0. The molecule has 0 spiro atoms. The van der Waals surface area contributed by atoms with Crippen LogP contribution in [0, 0.1) is 0 Å². The highest BCUT2D eigenvalue weighted by Gasteiger charge is 2.22. The summed E-state index contributed by atoms with van der Waals surface area (Å²) in [7, 11) is 0. The van der Waals surface area contributed by atoms with E-state index in [0.29, 0.717) is 22.8 Å². The molecule has 0 aliphatic carbocycles. The minimum atomic E-state index is -0.472. The van der Waals surface area contributed by atoms with E-state index in [0.717, 1.165) is 48.1 Å². The summed E-state index contributed by atoms with van der Waals surface area (Å²) >= 11 is 1.69. The van der Waals surface area contributed by atoms with Gasteiger partial charge < -0.3 is 9.13 Å². The van der Waals surface area contributed by atoms with E-state index in [2.05, 4.69) is 135 Å². The molecule has 6 heteroatoms. The van der Waals surface area contributed by atoms with Gasteiger partial charge in [0, 0.05) is 64.1 Å². The number of rotatable bonds is 5. The van der Waals surface area contributed by atoms with Gasteiger partial charge in [0.05, 0.1) is 34.6 Å². The number of aromatic nitrogens is 5. The topological polar surface area (TPSA) is 48.5 Å². The van der Waals surface area contributed by atoms with E-state index in [1.165, 1.54) is 27.1 Å². The highest BCUT2D eigenvalue weighted by Crippen LogP contribution is 2.45. The lowest BCUT2D eigenvalue weighted by Crippen LogP contribution is -2.00. The maximum atomic E-state index is 8.71. The Hall–Kier alpha value is -7.41. The van der Waals surface area contributed by atoms with Gasteiger partial charge in [0.25, 0.3) is 0 Å². The Morgan fingerprint density at radius 1 is 0.421 bits per heavy atom. The largest absolute Gasteiger partial charge is 0.309 e. The standard InChI is InChI=1S/C51H31N5S/c1-4-15-32(16-5-1)49-52-50(33-17-6-2-7-18-33)54-51(53-49)34-27-28-39-45(31-34)57-44-26-14-25-42(46(39)44)56-41-24-13-11-22-38(41)47-43(56)30-29-37-36-21-10-12-23-40(36)55(48(37)47)35-19-8-3-9-20-35/h1-31H/i1D,4D,5D,15D,16D. The van der Waals surface area contributed by atoms with Gasteiger partial charge in [0.1, 0.15) is 0 Å². The first-order valence-electron chi connectivity index (χ1n) is 21.2. The number of thiophene rings is 1. The van der Waals surface area contributed by atoms with Crippen molar-refractivity contribution in [3.63, 3.8) is 0 Å². The van der Waals surface area contributed by atoms with Crippen LogP contribution in [-0.2, 0) is 0 Å². The van der Waals surface area contributed by atoms with E-state index >= 15 is 0 Å². The number of nitrogens with zero attached hydrogens (tertiary/aromatic N) is 5. The second-order valence-electron chi connectivity index (χ2n) is 14.0. The Bertz CT molecular complexity index is 3790.